The Hall–Kier alpha value is -3.75. The van der Waals surface area contributed by atoms with Gasteiger partial charge in [0.2, 0.25) is 10.9 Å². The number of carbonyl (C=O) groups excluding carboxylic acids is 1. The minimum absolute atomic E-state index is 0.0618. The van der Waals surface area contributed by atoms with E-state index in [-0.39, 0.29) is 29.1 Å². The zero-order valence-electron chi connectivity index (χ0n) is 17.7. The van der Waals surface area contributed by atoms with Crippen LogP contribution in [0.3, 0.4) is 0 Å². The smallest absolute Gasteiger partial charge is 0.305 e. The quantitative estimate of drug-likeness (QED) is 0.321. The maximum atomic E-state index is 12.3. The maximum Gasteiger partial charge on any atom is 0.305 e. The lowest BCUT2D eigenvalue weighted by atomic mass is 9.82. The molecule has 1 aliphatic heterocycles. The van der Waals surface area contributed by atoms with E-state index in [0.29, 0.717) is 19.6 Å². The molecule has 158 valence electrons. The van der Waals surface area contributed by atoms with E-state index in [1.165, 1.54) is 0 Å². The molecule has 0 spiro atoms. The van der Waals surface area contributed by atoms with Gasteiger partial charge >= 0.3 is 5.97 Å². The minimum atomic E-state index is -0.773. The molecule has 31 heavy (non-hydrogen) atoms. The Morgan fingerprint density at radius 1 is 1.26 bits per heavy atom. The molecule has 1 N–H and O–H groups in total. The highest BCUT2D eigenvalue weighted by molar-refractivity contribution is 5.99. The first kappa shape index (κ1) is 21.9. The zero-order valence-corrected chi connectivity index (χ0v) is 17.7. The highest BCUT2D eigenvalue weighted by atomic mass is 16.5. The Labute approximate surface area is 180 Å². The Morgan fingerprint density at radius 3 is 2.61 bits per heavy atom. The van der Waals surface area contributed by atoms with Crippen molar-refractivity contribution in [1.29, 1.82) is 10.7 Å². The topological polar surface area (TPSA) is 111 Å². The Morgan fingerprint density at radius 2 is 1.97 bits per heavy atom. The molecule has 0 aliphatic carbocycles. The number of benzene rings is 1. The number of nitrogens with one attached hydrogen (secondary N) is 1. The molecule has 1 aliphatic rings. The normalized spacial score (nSPS) is 15.4. The fraction of sp³-hybridized carbons (Fsp3) is 0.333. The van der Waals surface area contributed by atoms with Crippen LogP contribution in [-0.2, 0) is 14.9 Å². The molecule has 0 bridgehead atoms. The number of hydrogen-bond acceptors (Lipinski definition) is 7. The average Bonchev–Trinajstić information content (AvgIpc) is 2.97. The first-order chi connectivity index (χ1) is 14.8. The van der Waals surface area contributed by atoms with Gasteiger partial charge in [-0.15, -0.1) is 0 Å². The summed E-state index contributed by atoms with van der Waals surface area (Å²) < 4.78 is 5.01. The summed E-state index contributed by atoms with van der Waals surface area (Å²) in [7, 11) is 0. The van der Waals surface area contributed by atoms with Gasteiger partial charge in [0.15, 0.2) is 0 Å². The molecule has 2 aromatic carbocycles. The van der Waals surface area contributed by atoms with E-state index in [2.05, 4.69) is 0 Å². The van der Waals surface area contributed by atoms with Crippen LogP contribution >= 0.6 is 0 Å². The number of fused-ring (bicyclic) bond motifs is 1. The molecule has 7 nitrogen and oxygen atoms in total. The molecule has 7 heteroatoms. The third-order valence-electron chi connectivity index (χ3n) is 5.58. The third-order valence-corrected chi connectivity index (χ3v) is 5.58. The van der Waals surface area contributed by atoms with Gasteiger partial charge in [0.25, 0.3) is 0 Å². The van der Waals surface area contributed by atoms with Crippen molar-refractivity contribution < 1.29 is 9.53 Å². The standard InChI is InChI=1S/C24H23N3O4/c1-4-31-20(28)10-7-11-27-18-9-6-5-8-17(18)24(2,3)19(27)12-16-21(15(13-25)14-26)23(30)22(16)29/h5-6,8-9,12,25H,4,7,10-11H2,1-3H3. The van der Waals surface area contributed by atoms with Crippen LogP contribution in [0.15, 0.2) is 39.6 Å². The van der Waals surface area contributed by atoms with Crippen LogP contribution in [0, 0.1) is 16.7 Å². The van der Waals surface area contributed by atoms with Crippen molar-refractivity contribution in [2.75, 3.05) is 18.1 Å². The van der Waals surface area contributed by atoms with Crippen molar-refractivity contribution in [3.63, 3.8) is 0 Å². The van der Waals surface area contributed by atoms with Crippen molar-refractivity contribution in [2.45, 2.75) is 39.0 Å². The summed E-state index contributed by atoms with van der Waals surface area (Å²) in [6.45, 7) is 6.65. The highest BCUT2D eigenvalue weighted by Gasteiger charge is 2.40. The molecule has 0 unspecified atom stereocenters. The Kier molecular flexibility index (Phi) is 6.05. The Bertz CT molecular complexity index is 1230. The Balaban J connectivity index is 2.06. The number of rotatable bonds is 7. The molecule has 0 atom stereocenters. The molecule has 0 fully saturated rings. The predicted octanol–water partition coefficient (Wildman–Crippen LogP) is 2.92. The average molecular weight is 417 g/mol. The fourth-order valence-electron chi connectivity index (χ4n) is 4.03. The van der Waals surface area contributed by atoms with Gasteiger partial charge < -0.3 is 9.64 Å². The molecule has 1 heterocycles. The third kappa shape index (κ3) is 3.74. The number of nitrogens with zero attached hydrogens (tertiary/aromatic N) is 2. The van der Waals surface area contributed by atoms with Crippen LogP contribution < -0.4 is 15.8 Å². The SMILES string of the molecule is CCOC(=O)CCCN1C(=Cc2c(C(=C=N)C#N)c(=O)c2=O)C(C)(C)c2ccccc21. The first-order valence-electron chi connectivity index (χ1n) is 10.1. The number of anilines is 1. The summed E-state index contributed by atoms with van der Waals surface area (Å²) in [5.41, 5.74) is 0.687. The lowest BCUT2D eigenvalue weighted by Crippen LogP contribution is -2.39. The molecular weight excluding hydrogens is 394 g/mol. The van der Waals surface area contributed by atoms with E-state index in [4.69, 9.17) is 10.1 Å². The van der Waals surface area contributed by atoms with E-state index in [1.807, 2.05) is 48.9 Å². The second-order valence-electron chi connectivity index (χ2n) is 7.79. The van der Waals surface area contributed by atoms with E-state index >= 15 is 0 Å². The number of ether oxygens (including phenoxy) is 1. The van der Waals surface area contributed by atoms with Crippen LogP contribution in [0.1, 0.15) is 50.3 Å². The van der Waals surface area contributed by atoms with E-state index in [1.54, 1.807) is 19.1 Å². The first-order valence-corrected chi connectivity index (χ1v) is 10.1. The number of esters is 1. The van der Waals surface area contributed by atoms with Crippen molar-refractivity contribution in [3.8, 4) is 6.07 Å². The maximum absolute atomic E-state index is 12.3. The predicted molar refractivity (Wildman–Crippen MR) is 119 cm³/mol. The molecule has 0 saturated carbocycles. The highest BCUT2D eigenvalue weighted by Crippen LogP contribution is 2.48. The van der Waals surface area contributed by atoms with Gasteiger partial charge in [-0.2, -0.15) is 5.26 Å². The lowest BCUT2D eigenvalue weighted by molar-refractivity contribution is -0.143. The van der Waals surface area contributed by atoms with Crippen LogP contribution in [0.4, 0.5) is 5.69 Å². The molecule has 0 saturated heterocycles. The van der Waals surface area contributed by atoms with Crippen LogP contribution in [0.2, 0.25) is 0 Å². The summed E-state index contributed by atoms with van der Waals surface area (Å²) in [6.07, 6.45) is 2.45. The van der Waals surface area contributed by atoms with Gasteiger partial charge in [-0.25, -0.2) is 0 Å². The molecule has 0 amide bonds. The van der Waals surface area contributed by atoms with Crippen molar-refractivity contribution in [3.05, 3.63) is 67.1 Å². The van der Waals surface area contributed by atoms with E-state index in [0.717, 1.165) is 16.9 Å². The second-order valence-corrected chi connectivity index (χ2v) is 7.79. The lowest BCUT2D eigenvalue weighted by Gasteiger charge is -2.27. The van der Waals surface area contributed by atoms with Crippen molar-refractivity contribution >= 4 is 29.2 Å². The molecule has 3 rings (SSSR count). The van der Waals surface area contributed by atoms with Gasteiger partial charge in [-0.05, 0) is 36.9 Å². The fourth-order valence-corrected chi connectivity index (χ4v) is 4.03. The summed E-state index contributed by atoms with van der Waals surface area (Å²) in [5.74, 6) is 1.68. The van der Waals surface area contributed by atoms with Gasteiger partial charge in [0.1, 0.15) is 11.6 Å². The molecule has 0 radical (unpaired) electrons. The second kappa shape index (κ2) is 8.55. The van der Waals surface area contributed by atoms with E-state index < -0.39 is 16.3 Å². The molecule has 0 aromatic heterocycles. The number of para-hydroxylation sites is 1. The van der Waals surface area contributed by atoms with Crippen molar-refractivity contribution in [2.24, 2.45) is 0 Å². The molecular formula is C24H23N3O4. The summed E-state index contributed by atoms with van der Waals surface area (Å²) in [5, 5.41) is 16.5. The van der Waals surface area contributed by atoms with Crippen LogP contribution in [0.25, 0.3) is 11.6 Å². The molecule has 2 aromatic rings. The summed E-state index contributed by atoms with van der Waals surface area (Å²) in [6, 6.07) is 9.61. The van der Waals surface area contributed by atoms with Gasteiger partial charge in [-0.1, -0.05) is 32.0 Å². The van der Waals surface area contributed by atoms with Gasteiger partial charge in [-0.3, -0.25) is 19.8 Å². The number of allylic oxidation sites excluding steroid dienone is 2. The monoisotopic (exact) mass is 417 g/mol. The number of carbonyl (C=O) groups is 1. The number of hydrogen-bond donors (Lipinski definition) is 1. The van der Waals surface area contributed by atoms with E-state index in [9.17, 15) is 19.6 Å². The summed E-state index contributed by atoms with van der Waals surface area (Å²) >= 11 is 0. The largest absolute Gasteiger partial charge is 0.466 e. The number of nitriles is 1. The van der Waals surface area contributed by atoms with Gasteiger partial charge in [0, 0.05) is 35.3 Å². The van der Waals surface area contributed by atoms with Crippen LogP contribution in [0.5, 0.6) is 0 Å². The minimum Gasteiger partial charge on any atom is -0.466 e. The zero-order chi connectivity index (χ0) is 22.8. The van der Waals surface area contributed by atoms with Crippen LogP contribution in [-0.4, -0.2) is 25.0 Å². The van der Waals surface area contributed by atoms with Crippen molar-refractivity contribution in [1.82, 2.24) is 0 Å². The summed E-state index contributed by atoms with van der Waals surface area (Å²) in [4.78, 5) is 38.2. The van der Waals surface area contributed by atoms with Gasteiger partial charge in [0.05, 0.1) is 12.2 Å².